The summed E-state index contributed by atoms with van der Waals surface area (Å²) in [5.41, 5.74) is 1.01. The Morgan fingerprint density at radius 3 is 3.00 bits per heavy atom. The van der Waals surface area contributed by atoms with Crippen LogP contribution in [0.5, 0.6) is 5.75 Å². The van der Waals surface area contributed by atoms with Crippen LogP contribution in [0.25, 0.3) is 10.2 Å². The monoisotopic (exact) mass is 292 g/mol. The van der Waals surface area contributed by atoms with E-state index in [9.17, 15) is 0 Å². The molecule has 0 unspecified atom stereocenters. The first-order valence-electron chi connectivity index (χ1n) is 7.15. The van der Waals surface area contributed by atoms with Gasteiger partial charge in [0.2, 0.25) is 0 Å². The van der Waals surface area contributed by atoms with E-state index in [0.29, 0.717) is 6.10 Å². The third-order valence-electron chi connectivity index (χ3n) is 3.63. The number of rotatable bonds is 6. The minimum absolute atomic E-state index is 0.483. The molecular formula is C15H20N2O2S. The summed E-state index contributed by atoms with van der Waals surface area (Å²) < 4.78 is 12.2. The Kier molecular flexibility index (Phi) is 4.38. The van der Waals surface area contributed by atoms with E-state index in [1.807, 2.05) is 18.2 Å². The van der Waals surface area contributed by atoms with E-state index in [1.54, 1.807) is 18.4 Å². The van der Waals surface area contributed by atoms with E-state index in [-0.39, 0.29) is 0 Å². The zero-order chi connectivity index (χ0) is 13.8. The number of nitrogens with one attached hydrogen (secondary N) is 1. The quantitative estimate of drug-likeness (QED) is 0.825. The highest BCUT2D eigenvalue weighted by molar-refractivity contribution is 7.22. The van der Waals surface area contributed by atoms with Crippen LogP contribution in [0.3, 0.4) is 0 Å². The minimum Gasteiger partial charge on any atom is -0.497 e. The topological polar surface area (TPSA) is 43.4 Å². The SMILES string of the molecule is COc1ccc2nc(NCCOC3CCCC3)sc2c1. The number of methoxy groups -OCH3 is 1. The summed E-state index contributed by atoms with van der Waals surface area (Å²) in [4.78, 5) is 4.55. The molecule has 5 heteroatoms. The number of anilines is 1. The highest BCUT2D eigenvalue weighted by Gasteiger charge is 2.14. The molecule has 4 nitrogen and oxygen atoms in total. The first kappa shape index (κ1) is 13.6. The lowest BCUT2D eigenvalue weighted by Crippen LogP contribution is -2.15. The molecule has 0 saturated heterocycles. The third-order valence-corrected chi connectivity index (χ3v) is 4.61. The van der Waals surface area contributed by atoms with Crippen molar-refractivity contribution in [3.63, 3.8) is 0 Å². The van der Waals surface area contributed by atoms with E-state index in [0.717, 1.165) is 34.2 Å². The molecule has 0 radical (unpaired) electrons. The lowest BCUT2D eigenvalue weighted by molar-refractivity contribution is 0.0659. The molecule has 2 aromatic rings. The predicted molar refractivity (Wildman–Crippen MR) is 82.9 cm³/mol. The van der Waals surface area contributed by atoms with Crippen molar-refractivity contribution in [3.8, 4) is 5.75 Å². The van der Waals surface area contributed by atoms with E-state index in [1.165, 1.54) is 25.7 Å². The van der Waals surface area contributed by atoms with Crippen LogP contribution >= 0.6 is 11.3 Å². The van der Waals surface area contributed by atoms with Gasteiger partial charge in [-0.2, -0.15) is 0 Å². The van der Waals surface area contributed by atoms with Crippen molar-refractivity contribution in [1.82, 2.24) is 4.98 Å². The van der Waals surface area contributed by atoms with Gasteiger partial charge in [-0.05, 0) is 31.0 Å². The Morgan fingerprint density at radius 2 is 2.20 bits per heavy atom. The van der Waals surface area contributed by atoms with E-state index in [4.69, 9.17) is 9.47 Å². The van der Waals surface area contributed by atoms with E-state index < -0.39 is 0 Å². The van der Waals surface area contributed by atoms with Gasteiger partial charge in [0.15, 0.2) is 5.13 Å². The maximum absolute atomic E-state index is 5.83. The first-order valence-corrected chi connectivity index (χ1v) is 7.97. The number of hydrogen-bond acceptors (Lipinski definition) is 5. The highest BCUT2D eigenvalue weighted by Crippen LogP contribution is 2.29. The van der Waals surface area contributed by atoms with Crippen LogP contribution in [0, 0.1) is 0 Å². The molecule has 0 amide bonds. The second-order valence-electron chi connectivity index (χ2n) is 5.06. The molecule has 1 aliphatic rings. The molecule has 1 fully saturated rings. The fraction of sp³-hybridized carbons (Fsp3) is 0.533. The molecule has 0 atom stereocenters. The van der Waals surface area contributed by atoms with Crippen molar-refractivity contribution in [2.45, 2.75) is 31.8 Å². The smallest absolute Gasteiger partial charge is 0.183 e. The van der Waals surface area contributed by atoms with Crippen LogP contribution in [-0.4, -0.2) is 31.3 Å². The lowest BCUT2D eigenvalue weighted by atomic mass is 10.3. The maximum Gasteiger partial charge on any atom is 0.183 e. The average Bonchev–Trinajstić information content (AvgIpc) is 3.11. The van der Waals surface area contributed by atoms with Crippen molar-refractivity contribution >= 4 is 26.7 Å². The molecule has 0 spiro atoms. The fourth-order valence-electron chi connectivity index (χ4n) is 2.55. The second-order valence-corrected chi connectivity index (χ2v) is 6.09. The molecule has 0 aliphatic heterocycles. The van der Waals surface area contributed by atoms with Crippen LogP contribution < -0.4 is 10.1 Å². The van der Waals surface area contributed by atoms with Crippen molar-refractivity contribution in [3.05, 3.63) is 18.2 Å². The molecule has 3 rings (SSSR count). The summed E-state index contributed by atoms with van der Waals surface area (Å²) in [6.07, 6.45) is 5.56. The number of aromatic nitrogens is 1. The standard InChI is InChI=1S/C15H20N2O2S/c1-18-12-6-7-13-14(10-12)20-15(17-13)16-8-9-19-11-4-2-3-5-11/h6-7,10-11H,2-5,8-9H2,1H3,(H,16,17). The third kappa shape index (κ3) is 3.22. The maximum atomic E-state index is 5.83. The van der Waals surface area contributed by atoms with Crippen LogP contribution in [0.4, 0.5) is 5.13 Å². The molecule has 1 aromatic carbocycles. The molecule has 1 saturated carbocycles. The first-order chi connectivity index (χ1) is 9.85. The summed E-state index contributed by atoms with van der Waals surface area (Å²) in [7, 11) is 1.68. The van der Waals surface area contributed by atoms with Gasteiger partial charge in [0.25, 0.3) is 0 Å². The Morgan fingerprint density at radius 1 is 1.35 bits per heavy atom. The zero-order valence-electron chi connectivity index (χ0n) is 11.7. The van der Waals surface area contributed by atoms with Gasteiger partial charge >= 0.3 is 0 Å². The van der Waals surface area contributed by atoms with Crippen LogP contribution in [0.15, 0.2) is 18.2 Å². The Hall–Kier alpha value is -1.33. The summed E-state index contributed by atoms with van der Waals surface area (Å²) in [5, 5.41) is 4.28. The van der Waals surface area contributed by atoms with Gasteiger partial charge in [0.05, 0.1) is 30.0 Å². The number of thiazole rings is 1. The molecule has 1 aromatic heterocycles. The lowest BCUT2D eigenvalue weighted by Gasteiger charge is -2.10. The Labute approximate surface area is 123 Å². The number of ether oxygens (including phenoxy) is 2. The number of nitrogens with zero attached hydrogens (tertiary/aromatic N) is 1. The summed E-state index contributed by atoms with van der Waals surface area (Å²) in [6.45, 7) is 1.57. The Balaban J connectivity index is 1.52. The molecule has 1 heterocycles. The summed E-state index contributed by atoms with van der Waals surface area (Å²) in [6, 6.07) is 5.95. The molecule has 20 heavy (non-hydrogen) atoms. The Bertz CT molecular complexity index is 564. The molecule has 108 valence electrons. The van der Waals surface area contributed by atoms with Gasteiger partial charge in [0, 0.05) is 6.54 Å². The van der Waals surface area contributed by atoms with E-state index >= 15 is 0 Å². The van der Waals surface area contributed by atoms with E-state index in [2.05, 4.69) is 10.3 Å². The van der Waals surface area contributed by atoms with Crippen LogP contribution in [0.1, 0.15) is 25.7 Å². The van der Waals surface area contributed by atoms with Gasteiger partial charge in [-0.1, -0.05) is 24.2 Å². The van der Waals surface area contributed by atoms with Crippen LogP contribution in [0.2, 0.25) is 0 Å². The average molecular weight is 292 g/mol. The van der Waals surface area contributed by atoms with Gasteiger partial charge < -0.3 is 14.8 Å². The van der Waals surface area contributed by atoms with Crippen molar-refractivity contribution < 1.29 is 9.47 Å². The van der Waals surface area contributed by atoms with Crippen molar-refractivity contribution in [1.29, 1.82) is 0 Å². The van der Waals surface area contributed by atoms with Gasteiger partial charge in [0.1, 0.15) is 5.75 Å². The number of benzene rings is 1. The highest BCUT2D eigenvalue weighted by atomic mass is 32.1. The predicted octanol–water partition coefficient (Wildman–Crippen LogP) is 3.68. The van der Waals surface area contributed by atoms with Gasteiger partial charge in [-0.3, -0.25) is 0 Å². The van der Waals surface area contributed by atoms with Crippen molar-refractivity contribution in [2.24, 2.45) is 0 Å². The number of hydrogen-bond donors (Lipinski definition) is 1. The molecule has 1 aliphatic carbocycles. The van der Waals surface area contributed by atoms with Gasteiger partial charge in [-0.25, -0.2) is 4.98 Å². The molecular weight excluding hydrogens is 272 g/mol. The zero-order valence-corrected chi connectivity index (χ0v) is 12.5. The van der Waals surface area contributed by atoms with Gasteiger partial charge in [-0.15, -0.1) is 0 Å². The number of fused-ring (bicyclic) bond motifs is 1. The normalized spacial score (nSPS) is 15.8. The molecule has 0 bridgehead atoms. The molecule has 1 N–H and O–H groups in total. The second kappa shape index (κ2) is 6.41. The van der Waals surface area contributed by atoms with Crippen LogP contribution in [-0.2, 0) is 4.74 Å². The minimum atomic E-state index is 0.483. The summed E-state index contributed by atoms with van der Waals surface area (Å²) in [5.74, 6) is 0.872. The fourth-order valence-corrected chi connectivity index (χ4v) is 3.47. The summed E-state index contributed by atoms with van der Waals surface area (Å²) >= 11 is 1.65. The van der Waals surface area contributed by atoms with Crippen molar-refractivity contribution in [2.75, 3.05) is 25.6 Å². The largest absolute Gasteiger partial charge is 0.497 e.